The Kier molecular flexibility index (Phi) is 5.85. The van der Waals surface area contributed by atoms with Gasteiger partial charge in [-0.15, -0.1) is 0 Å². The molecule has 1 saturated heterocycles. The molecule has 5 heterocycles. The molecule has 2 fully saturated rings. The smallest absolute Gasteiger partial charge is 0.272 e. The van der Waals surface area contributed by atoms with Gasteiger partial charge in [0.2, 0.25) is 11.8 Å². The van der Waals surface area contributed by atoms with Crippen LogP contribution in [0, 0.1) is 11.7 Å². The molecule has 1 aliphatic heterocycles. The first-order chi connectivity index (χ1) is 18.8. The molecule has 13 heteroatoms. The third-order valence-corrected chi connectivity index (χ3v) is 7.45. The molecule has 1 aliphatic carbocycles. The fourth-order valence-corrected chi connectivity index (χ4v) is 5.18. The molecule has 12 nitrogen and oxygen atoms in total. The van der Waals surface area contributed by atoms with Crippen LogP contribution in [-0.4, -0.2) is 71.5 Å². The summed E-state index contributed by atoms with van der Waals surface area (Å²) in [5.41, 5.74) is 1.38. The Bertz CT molecular complexity index is 1630. The monoisotopic (exact) mass is 532 g/mol. The van der Waals surface area contributed by atoms with Gasteiger partial charge in [0.1, 0.15) is 17.1 Å². The Hall–Kier alpha value is -4.68. The Morgan fingerprint density at radius 3 is 2.79 bits per heavy atom. The number of Topliss-reactive ketones (excluding diaryl/α,β-unsaturated/α-hetero) is 1. The van der Waals surface area contributed by atoms with Gasteiger partial charge in [0.25, 0.3) is 5.91 Å². The molecule has 2 amide bonds. The predicted octanol–water partition coefficient (Wildman–Crippen LogP) is 2.89. The second kappa shape index (κ2) is 9.26. The minimum atomic E-state index is -0.578. The van der Waals surface area contributed by atoms with Crippen molar-refractivity contribution in [2.45, 2.75) is 38.1 Å². The fraction of sp³-hybridized carbons (Fsp3) is 0.346. The van der Waals surface area contributed by atoms with E-state index < -0.39 is 11.4 Å². The van der Waals surface area contributed by atoms with Gasteiger partial charge in [0.05, 0.1) is 25.2 Å². The van der Waals surface area contributed by atoms with Gasteiger partial charge >= 0.3 is 0 Å². The van der Waals surface area contributed by atoms with Gasteiger partial charge in [0, 0.05) is 42.8 Å². The van der Waals surface area contributed by atoms with Crippen LogP contribution in [0.3, 0.4) is 0 Å². The van der Waals surface area contributed by atoms with Crippen molar-refractivity contribution in [1.82, 2.24) is 34.7 Å². The predicted molar refractivity (Wildman–Crippen MR) is 136 cm³/mol. The van der Waals surface area contributed by atoms with Crippen molar-refractivity contribution in [3.8, 4) is 17.1 Å². The first-order valence-corrected chi connectivity index (χ1v) is 12.5. The van der Waals surface area contributed by atoms with E-state index in [1.807, 2.05) is 0 Å². The van der Waals surface area contributed by atoms with E-state index >= 15 is 0 Å². The summed E-state index contributed by atoms with van der Waals surface area (Å²) in [5, 5.41) is 14.0. The van der Waals surface area contributed by atoms with Crippen LogP contribution in [0.25, 0.3) is 16.9 Å². The van der Waals surface area contributed by atoms with Gasteiger partial charge in [-0.3, -0.25) is 19.5 Å². The molecule has 6 rings (SSSR count). The highest BCUT2D eigenvalue weighted by Crippen LogP contribution is 2.50. The molecule has 200 valence electrons. The molecule has 2 aliphatic rings. The topological polar surface area (TPSA) is 147 Å². The van der Waals surface area contributed by atoms with Gasteiger partial charge in [-0.1, -0.05) is 0 Å². The number of ketones is 1. The van der Waals surface area contributed by atoms with Gasteiger partial charge < -0.3 is 15.0 Å². The highest BCUT2D eigenvalue weighted by molar-refractivity contribution is 5.98. The molecule has 0 radical (unpaired) electrons. The Balaban J connectivity index is 1.16. The number of ether oxygens (including phenoxy) is 1. The molecular formula is C26H25FN8O4. The third kappa shape index (κ3) is 4.39. The van der Waals surface area contributed by atoms with Crippen molar-refractivity contribution in [1.29, 1.82) is 0 Å². The number of piperidine rings is 1. The lowest BCUT2D eigenvalue weighted by molar-refractivity contribution is -0.122. The van der Waals surface area contributed by atoms with Crippen LogP contribution in [0.1, 0.15) is 53.6 Å². The minimum Gasteiger partial charge on any atom is -0.481 e. The van der Waals surface area contributed by atoms with E-state index in [-0.39, 0.29) is 52.0 Å². The number of aromatic nitrogens is 6. The minimum absolute atomic E-state index is 0.172. The van der Waals surface area contributed by atoms with Crippen molar-refractivity contribution in [3.63, 3.8) is 0 Å². The number of nitrogens with zero attached hydrogens (tertiary/aromatic N) is 6. The number of pyridine rings is 1. The van der Waals surface area contributed by atoms with Crippen LogP contribution < -0.4 is 10.1 Å². The van der Waals surface area contributed by atoms with Gasteiger partial charge in [-0.2, -0.15) is 10.2 Å². The summed E-state index contributed by atoms with van der Waals surface area (Å²) in [4.78, 5) is 48.4. The van der Waals surface area contributed by atoms with Gasteiger partial charge in [-0.25, -0.2) is 18.9 Å². The molecule has 0 unspecified atom stereocenters. The standard InChI is InChI=1S/C26H25FN8O4/c1-14(36)18-4-8-35-23(30-18)21(13-29-35)31-24(37)15-3-7-34(26(11-15)5-6-26)25(38)20-10-19(32-33-20)16-9-22(39-2)28-12-17(16)27/h4,8-10,12-13,15H,3,5-7,11H2,1-2H3,(H,31,37)(H,32,33)/t15-/m0/s1. The first kappa shape index (κ1) is 24.6. The number of carbonyl (C=O) groups excluding carboxylic acids is 3. The number of carbonyl (C=O) groups is 3. The summed E-state index contributed by atoms with van der Waals surface area (Å²) in [6, 6.07) is 4.51. The summed E-state index contributed by atoms with van der Waals surface area (Å²) in [6.45, 7) is 1.82. The highest BCUT2D eigenvalue weighted by Gasteiger charge is 2.54. The van der Waals surface area contributed by atoms with Crippen LogP contribution in [0.15, 0.2) is 36.8 Å². The van der Waals surface area contributed by atoms with Crippen molar-refractivity contribution >= 4 is 28.9 Å². The molecule has 0 bridgehead atoms. The van der Waals surface area contributed by atoms with Gasteiger partial charge in [-0.05, 0) is 37.8 Å². The van der Waals surface area contributed by atoms with E-state index in [1.54, 1.807) is 17.2 Å². The van der Waals surface area contributed by atoms with Gasteiger partial charge in [0.15, 0.2) is 17.2 Å². The van der Waals surface area contributed by atoms with Crippen LogP contribution in [0.2, 0.25) is 0 Å². The molecule has 1 atom stereocenters. The van der Waals surface area contributed by atoms with Crippen molar-refractivity contribution < 1.29 is 23.5 Å². The number of rotatable bonds is 6. The normalized spacial score (nSPS) is 17.8. The second-order valence-electron chi connectivity index (χ2n) is 9.93. The fourth-order valence-electron chi connectivity index (χ4n) is 5.18. The first-order valence-electron chi connectivity index (χ1n) is 12.5. The summed E-state index contributed by atoms with van der Waals surface area (Å²) in [6.07, 6.45) is 6.75. The van der Waals surface area contributed by atoms with E-state index in [2.05, 4.69) is 30.6 Å². The quantitative estimate of drug-likeness (QED) is 0.360. The molecule has 2 N–H and O–H groups in total. The lowest BCUT2D eigenvalue weighted by Crippen LogP contribution is -2.50. The number of anilines is 1. The van der Waals surface area contributed by atoms with E-state index in [0.717, 1.165) is 19.0 Å². The van der Waals surface area contributed by atoms with E-state index in [1.165, 1.54) is 36.9 Å². The largest absolute Gasteiger partial charge is 0.481 e. The van der Waals surface area contributed by atoms with E-state index in [4.69, 9.17) is 4.74 Å². The third-order valence-electron chi connectivity index (χ3n) is 7.45. The van der Waals surface area contributed by atoms with Crippen LogP contribution in [-0.2, 0) is 4.79 Å². The van der Waals surface area contributed by atoms with Crippen molar-refractivity contribution in [3.05, 3.63) is 54.0 Å². The van der Waals surface area contributed by atoms with Crippen LogP contribution in [0.5, 0.6) is 5.88 Å². The lowest BCUT2D eigenvalue weighted by Gasteiger charge is -2.39. The molecular weight excluding hydrogens is 507 g/mol. The number of H-pyrrole nitrogens is 1. The number of aromatic amines is 1. The molecule has 0 aromatic carbocycles. The Labute approximate surface area is 221 Å². The number of hydrogen-bond donors (Lipinski definition) is 2. The maximum absolute atomic E-state index is 14.4. The molecule has 4 aromatic heterocycles. The van der Waals surface area contributed by atoms with Crippen molar-refractivity contribution in [2.75, 3.05) is 19.0 Å². The molecule has 1 saturated carbocycles. The van der Waals surface area contributed by atoms with E-state index in [0.29, 0.717) is 30.7 Å². The summed E-state index contributed by atoms with van der Waals surface area (Å²) in [7, 11) is 1.43. The highest BCUT2D eigenvalue weighted by atomic mass is 19.1. The second-order valence-corrected chi connectivity index (χ2v) is 9.93. The number of likely N-dealkylation sites (tertiary alicyclic amines) is 1. The zero-order valence-electron chi connectivity index (χ0n) is 21.3. The SMILES string of the molecule is COc1cc(-c2cc(C(=O)N3CC[C@H](C(=O)Nc4cnn5ccc(C(C)=O)nc45)CC34CC4)[nH]n2)c(F)cn1. The number of methoxy groups -OCH3 is 1. The van der Waals surface area contributed by atoms with E-state index in [9.17, 15) is 18.8 Å². The Morgan fingerprint density at radius 1 is 1.23 bits per heavy atom. The van der Waals surface area contributed by atoms with Crippen molar-refractivity contribution in [2.24, 2.45) is 5.92 Å². The summed E-state index contributed by atoms with van der Waals surface area (Å²) in [5.74, 6) is -1.25. The number of fused-ring (bicyclic) bond motifs is 1. The maximum atomic E-state index is 14.4. The zero-order chi connectivity index (χ0) is 27.3. The van der Waals surface area contributed by atoms with Crippen LogP contribution in [0.4, 0.5) is 10.1 Å². The zero-order valence-corrected chi connectivity index (χ0v) is 21.3. The molecule has 39 heavy (non-hydrogen) atoms. The maximum Gasteiger partial charge on any atom is 0.272 e. The molecule has 1 spiro atoms. The molecule has 4 aromatic rings. The van der Waals surface area contributed by atoms with Crippen LogP contribution >= 0.6 is 0 Å². The average molecular weight is 533 g/mol. The Morgan fingerprint density at radius 2 is 2.05 bits per heavy atom. The lowest BCUT2D eigenvalue weighted by atomic mass is 9.88. The summed E-state index contributed by atoms with van der Waals surface area (Å²) < 4.78 is 20.9. The number of hydrogen-bond acceptors (Lipinski definition) is 8. The summed E-state index contributed by atoms with van der Waals surface area (Å²) >= 11 is 0. The average Bonchev–Trinajstić information content (AvgIpc) is 3.34. The number of nitrogens with one attached hydrogen (secondary N) is 2. The number of halogens is 1. The number of amides is 2.